The van der Waals surface area contributed by atoms with Crippen LogP contribution >= 0.6 is 0 Å². The van der Waals surface area contributed by atoms with Crippen LogP contribution in [0, 0.1) is 6.92 Å². The molecule has 1 heterocycles. The number of hydrogen-bond acceptors (Lipinski definition) is 3. The van der Waals surface area contributed by atoms with Crippen molar-refractivity contribution in [3.63, 3.8) is 0 Å². The molecule has 114 valence electrons. The standard InChI is InChI=1S/C18H19NO3/c1-12-4-6-16-14(10-12)18(20)15-11-13(22-3)5-7-17(15)19(16)8-9-21-2/h4-7,10-11H,8-9H2,1-3H3. The minimum Gasteiger partial charge on any atom is -0.497 e. The molecule has 3 rings (SSSR count). The van der Waals surface area contributed by atoms with Gasteiger partial charge in [-0.25, -0.2) is 0 Å². The van der Waals surface area contributed by atoms with Crippen LogP contribution in [-0.4, -0.2) is 25.4 Å². The Labute approximate surface area is 128 Å². The van der Waals surface area contributed by atoms with Crippen molar-refractivity contribution in [3.8, 4) is 5.75 Å². The van der Waals surface area contributed by atoms with Gasteiger partial charge in [-0.1, -0.05) is 11.6 Å². The van der Waals surface area contributed by atoms with Gasteiger partial charge in [0, 0.05) is 24.4 Å². The lowest BCUT2D eigenvalue weighted by Gasteiger charge is -2.15. The van der Waals surface area contributed by atoms with Gasteiger partial charge in [0.2, 0.25) is 0 Å². The maximum Gasteiger partial charge on any atom is 0.197 e. The van der Waals surface area contributed by atoms with E-state index in [2.05, 4.69) is 4.57 Å². The maximum absolute atomic E-state index is 12.8. The molecular weight excluding hydrogens is 278 g/mol. The Bertz CT molecular complexity index is 896. The van der Waals surface area contributed by atoms with E-state index in [9.17, 15) is 4.79 Å². The number of ether oxygens (including phenoxy) is 2. The van der Waals surface area contributed by atoms with Crippen molar-refractivity contribution >= 4 is 21.8 Å². The number of hydrogen-bond donors (Lipinski definition) is 0. The van der Waals surface area contributed by atoms with Gasteiger partial charge in [0.1, 0.15) is 5.75 Å². The summed E-state index contributed by atoms with van der Waals surface area (Å²) in [7, 11) is 3.29. The molecule has 0 aliphatic rings. The fourth-order valence-corrected chi connectivity index (χ4v) is 2.82. The topological polar surface area (TPSA) is 40.5 Å². The summed E-state index contributed by atoms with van der Waals surface area (Å²) in [5.74, 6) is 0.690. The molecule has 0 atom stereocenters. The lowest BCUT2D eigenvalue weighted by atomic mass is 10.1. The van der Waals surface area contributed by atoms with Crippen LogP contribution in [0.2, 0.25) is 0 Å². The van der Waals surface area contributed by atoms with Crippen molar-refractivity contribution < 1.29 is 9.47 Å². The third-order valence-corrected chi connectivity index (χ3v) is 3.95. The average Bonchev–Trinajstić information content (AvgIpc) is 2.55. The number of pyridine rings is 1. The zero-order valence-electron chi connectivity index (χ0n) is 13.1. The van der Waals surface area contributed by atoms with Gasteiger partial charge < -0.3 is 14.0 Å². The monoisotopic (exact) mass is 297 g/mol. The van der Waals surface area contributed by atoms with Gasteiger partial charge in [0.05, 0.1) is 24.8 Å². The van der Waals surface area contributed by atoms with Gasteiger partial charge in [-0.3, -0.25) is 4.79 Å². The molecule has 0 unspecified atom stereocenters. The first-order valence-electron chi connectivity index (χ1n) is 7.25. The average molecular weight is 297 g/mol. The van der Waals surface area contributed by atoms with E-state index in [0.717, 1.165) is 22.0 Å². The van der Waals surface area contributed by atoms with Gasteiger partial charge in [-0.05, 0) is 37.3 Å². The SMILES string of the molecule is COCCn1c2ccc(C)cc2c(=O)c2cc(OC)ccc21. The van der Waals surface area contributed by atoms with Crippen LogP contribution in [0.15, 0.2) is 41.2 Å². The van der Waals surface area contributed by atoms with E-state index in [1.165, 1.54) is 0 Å². The van der Waals surface area contributed by atoms with Crippen LogP contribution in [0.4, 0.5) is 0 Å². The minimum absolute atomic E-state index is 0.0428. The van der Waals surface area contributed by atoms with E-state index in [4.69, 9.17) is 9.47 Å². The molecule has 0 spiro atoms. The predicted molar refractivity (Wildman–Crippen MR) is 88.9 cm³/mol. The van der Waals surface area contributed by atoms with Crippen molar-refractivity contribution in [2.24, 2.45) is 0 Å². The van der Waals surface area contributed by atoms with Gasteiger partial charge in [-0.15, -0.1) is 0 Å². The molecule has 0 aliphatic carbocycles. The highest BCUT2D eigenvalue weighted by Crippen LogP contribution is 2.23. The summed E-state index contributed by atoms with van der Waals surface area (Å²) in [4.78, 5) is 12.8. The third-order valence-electron chi connectivity index (χ3n) is 3.95. The van der Waals surface area contributed by atoms with Crippen LogP contribution in [0.3, 0.4) is 0 Å². The normalized spacial score (nSPS) is 11.2. The molecule has 0 bridgehead atoms. The number of aromatic nitrogens is 1. The van der Waals surface area contributed by atoms with Crippen LogP contribution in [0.1, 0.15) is 5.56 Å². The van der Waals surface area contributed by atoms with E-state index in [1.54, 1.807) is 14.2 Å². The van der Waals surface area contributed by atoms with E-state index in [1.807, 2.05) is 43.3 Å². The lowest BCUT2D eigenvalue weighted by molar-refractivity contribution is 0.189. The summed E-state index contributed by atoms with van der Waals surface area (Å²) in [5, 5.41) is 1.41. The summed E-state index contributed by atoms with van der Waals surface area (Å²) in [5.41, 5.74) is 2.95. The Morgan fingerprint density at radius 2 is 1.68 bits per heavy atom. The fourth-order valence-electron chi connectivity index (χ4n) is 2.82. The first-order chi connectivity index (χ1) is 10.7. The predicted octanol–water partition coefficient (Wildman–Crippen LogP) is 3.12. The van der Waals surface area contributed by atoms with Crippen LogP contribution in [0.5, 0.6) is 5.75 Å². The Hall–Kier alpha value is -2.33. The number of benzene rings is 2. The smallest absolute Gasteiger partial charge is 0.197 e. The molecule has 1 aromatic heterocycles. The number of rotatable bonds is 4. The molecular formula is C18H19NO3. The molecule has 0 fully saturated rings. The zero-order valence-corrected chi connectivity index (χ0v) is 13.1. The summed E-state index contributed by atoms with van der Waals surface area (Å²) < 4.78 is 12.6. The van der Waals surface area contributed by atoms with Crippen molar-refractivity contribution in [1.82, 2.24) is 4.57 Å². The molecule has 0 aliphatic heterocycles. The molecule has 0 N–H and O–H groups in total. The fraction of sp³-hybridized carbons (Fsp3) is 0.278. The zero-order chi connectivity index (χ0) is 15.7. The van der Waals surface area contributed by atoms with Gasteiger partial charge in [-0.2, -0.15) is 0 Å². The minimum atomic E-state index is 0.0428. The highest BCUT2D eigenvalue weighted by atomic mass is 16.5. The van der Waals surface area contributed by atoms with Gasteiger partial charge in [0.15, 0.2) is 5.43 Å². The Morgan fingerprint density at radius 1 is 1.00 bits per heavy atom. The highest BCUT2D eigenvalue weighted by molar-refractivity contribution is 5.94. The number of nitrogens with zero attached hydrogens (tertiary/aromatic N) is 1. The largest absolute Gasteiger partial charge is 0.497 e. The lowest BCUT2D eigenvalue weighted by Crippen LogP contribution is -2.14. The molecule has 4 heteroatoms. The van der Waals surface area contributed by atoms with Crippen molar-refractivity contribution in [1.29, 1.82) is 0 Å². The highest BCUT2D eigenvalue weighted by Gasteiger charge is 2.11. The van der Waals surface area contributed by atoms with Crippen molar-refractivity contribution in [3.05, 3.63) is 52.2 Å². The summed E-state index contributed by atoms with van der Waals surface area (Å²) in [6.07, 6.45) is 0. The molecule has 0 amide bonds. The Kier molecular flexibility index (Phi) is 3.86. The van der Waals surface area contributed by atoms with Gasteiger partial charge >= 0.3 is 0 Å². The van der Waals surface area contributed by atoms with E-state index in [0.29, 0.717) is 24.3 Å². The second-order valence-corrected chi connectivity index (χ2v) is 5.38. The van der Waals surface area contributed by atoms with Crippen LogP contribution < -0.4 is 10.2 Å². The van der Waals surface area contributed by atoms with Crippen LogP contribution in [0.25, 0.3) is 21.8 Å². The second kappa shape index (κ2) is 5.81. The number of fused-ring (bicyclic) bond motifs is 2. The Morgan fingerprint density at radius 3 is 2.36 bits per heavy atom. The maximum atomic E-state index is 12.8. The van der Waals surface area contributed by atoms with E-state index in [-0.39, 0.29) is 5.43 Å². The molecule has 0 saturated carbocycles. The Balaban J connectivity index is 2.44. The molecule has 2 aromatic carbocycles. The van der Waals surface area contributed by atoms with Gasteiger partial charge in [0.25, 0.3) is 0 Å². The molecule has 0 radical (unpaired) electrons. The van der Waals surface area contributed by atoms with Crippen molar-refractivity contribution in [2.75, 3.05) is 20.8 Å². The summed E-state index contributed by atoms with van der Waals surface area (Å²) in [6, 6.07) is 11.6. The summed E-state index contributed by atoms with van der Waals surface area (Å²) >= 11 is 0. The number of methoxy groups -OCH3 is 2. The first kappa shape index (κ1) is 14.6. The van der Waals surface area contributed by atoms with Crippen molar-refractivity contribution in [2.45, 2.75) is 13.5 Å². The quantitative estimate of drug-likeness (QED) is 0.695. The molecule has 3 aromatic rings. The molecule has 22 heavy (non-hydrogen) atoms. The number of aryl methyl sites for hydroxylation is 1. The summed E-state index contributed by atoms with van der Waals surface area (Å²) in [6.45, 7) is 3.28. The first-order valence-corrected chi connectivity index (χ1v) is 7.25. The van der Waals surface area contributed by atoms with E-state index >= 15 is 0 Å². The van der Waals surface area contributed by atoms with E-state index < -0.39 is 0 Å². The molecule has 4 nitrogen and oxygen atoms in total. The third kappa shape index (κ3) is 2.35. The molecule has 0 saturated heterocycles. The van der Waals surface area contributed by atoms with Crippen LogP contribution in [-0.2, 0) is 11.3 Å². The second-order valence-electron chi connectivity index (χ2n) is 5.38.